The number of morpholine rings is 1. The molecule has 0 radical (unpaired) electrons. The van der Waals surface area contributed by atoms with Crippen LogP contribution in [0, 0.1) is 0 Å². The molecule has 1 saturated carbocycles. The lowest BCUT2D eigenvalue weighted by molar-refractivity contribution is 0.0304. The second-order valence-corrected chi connectivity index (χ2v) is 7.55. The minimum Gasteiger partial charge on any atom is -0.378 e. The fraction of sp³-hybridized carbons (Fsp3) is 0.632. The lowest BCUT2D eigenvalue weighted by atomic mass is 9.91. The van der Waals surface area contributed by atoms with Gasteiger partial charge in [0.2, 0.25) is 0 Å². The molecular formula is C19H24N4O3. The van der Waals surface area contributed by atoms with E-state index in [-0.39, 0.29) is 5.91 Å². The predicted octanol–water partition coefficient (Wildman–Crippen LogP) is 2.04. The monoisotopic (exact) mass is 356 g/mol. The first-order chi connectivity index (χ1) is 12.8. The molecule has 26 heavy (non-hydrogen) atoms. The summed E-state index contributed by atoms with van der Waals surface area (Å²) in [4.78, 5) is 19.9. The van der Waals surface area contributed by atoms with Crippen molar-refractivity contribution in [1.29, 1.82) is 0 Å². The maximum Gasteiger partial charge on any atom is 0.259 e. The number of rotatable bonds is 3. The number of ether oxygens (including phenoxy) is 1. The van der Waals surface area contributed by atoms with Crippen LogP contribution in [0.25, 0.3) is 11.1 Å². The van der Waals surface area contributed by atoms with Crippen LogP contribution in [0.3, 0.4) is 0 Å². The number of nitrogens with one attached hydrogen (secondary N) is 1. The van der Waals surface area contributed by atoms with Crippen molar-refractivity contribution in [3.05, 3.63) is 23.0 Å². The molecule has 0 bridgehead atoms. The average molecular weight is 356 g/mol. The Bertz CT molecular complexity index is 818. The number of pyridine rings is 1. The van der Waals surface area contributed by atoms with Crippen LogP contribution in [-0.2, 0) is 4.74 Å². The van der Waals surface area contributed by atoms with Crippen molar-refractivity contribution in [2.75, 3.05) is 39.4 Å². The Morgan fingerprint density at radius 2 is 1.88 bits per heavy atom. The Hall–Kier alpha value is -1.99. The highest BCUT2D eigenvalue weighted by Crippen LogP contribution is 2.41. The van der Waals surface area contributed by atoms with Crippen molar-refractivity contribution >= 4 is 17.0 Å². The first kappa shape index (κ1) is 16.2. The van der Waals surface area contributed by atoms with Crippen LogP contribution in [0.5, 0.6) is 0 Å². The fourth-order valence-corrected chi connectivity index (χ4v) is 4.06. The lowest BCUT2D eigenvalue weighted by Gasteiger charge is -2.27. The molecule has 4 heterocycles. The second-order valence-electron chi connectivity index (χ2n) is 7.55. The van der Waals surface area contributed by atoms with Crippen LogP contribution in [-0.4, -0.2) is 60.3 Å². The maximum atomic E-state index is 13.3. The summed E-state index contributed by atoms with van der Waals surface area (Å²) in [6, 6.07) is 2.00. The van der Waals surface area contributed by atoms with Gasteiger partial charge in [-0.2, -0.15) is 0 Å². The summed E-state index contributed by atoms with van der Waals surface area (Å²) in [5.74, 6) is 0.839. The number of hydrogen-bond donors (Lipinski definition) is 1. The number of hydrogen-bond acceptors (Lipinski definition) is 6. The summed E-state index contributed by atoms with van der Waals surface area (Å²) >= 11 is 0. The van der Waals surface area contributed by atoms with Crippen LogP contribution >= 0.6 is 0 Å². The highest BCUT2D eigenvalue weighted by atomic mass is 16.5. The second kappa shape index (κ2) is 6.63. The third-order valence-electron chi connectivity index (χ3n) is 5.74. The molecule has 0 aromatic carbocycles. The Balaban J connectivity index is 1.60. The minimum absolute atomic E-state index is 0.0565. The van der Waals surface area contributed by atoms with E-state index < -0.39 is 0 Å². The largest absolute Gasteiger partial charge is 0.378 e. The number of carbonyl (C=O) groups is 1. The van der Waals surface area contributed by atoms with Crippen LogP contribution in [0.4, 0.5) is 0 Å². The van der Waals surface area contributed by atoms with E-state index in [0.717, 1.165) is 55.5 Å². The van der Waals surface area contributed by atoms with Crippen molar-refractivity contribution in [2.45, 2.75) is 37.5 Å². The van der Waals surface area contributed by atoms with Crippen molar-refractivity contribution in [2.24, 2.45) is 0 Å². The highest BCUT2D eigenvalue weighted by molar-refractivity contribution is 6.06. The minimum atomic E-state index is 0.0565. The van der Waals surface area contributed by atoms with E-state index in [9.17, 15) is 4.79 Å². The smallest absolute Gasteiger partial charge is 0.259 e. The first-order valence-electron chi connectivity index (χ1n) is 9.69. The molecule has 5 rings (SSSR count). The van der Waals surface area contributed by atoms with Crippen molar-refractivity contribution in [1.82, 2.24) is 20.4 Å². The Labute approximate surface area is 152 Å². The van der Waals surface area contributed by atoms with Crippen molar-refractivity contribution in [3.63, 3.8) is 0 Å². The van der Waals surface area contributed by atoms with E-state index in [1.54, 1.807) is 0 Å². The summed E-state index contributed by atoms with van der Waals surface area (Å²) in [6.07, 6.45) is 4.30. The Morgan fingerprint density at radius 3 is 2.62 bits per heavy atom. The van der Waals surface area contributed by atoms with Gasteiger partial charge in [0.1, 0.15) is 0 Å². The molecule has 3 fully saturated rings. The van der Waals surface area contributed by atoms with Crippen molar-refractivity contribution in [3.8, 4) is 0 Å². The normalized spacial score (nSPS) is 22.1. The van der Waals surface area contributed by atoms with E-state index in [2.05, 4.69) is 10.5 Å². The van der Waals surface area contributed by atoms with Gasteiger partial charge in [0.15, 0.2) is 0 Å². The third kappa shape index (κ3) is 2.89. The topological polar surface area (TPSA) is 80.5 Å². The molecule has 2 aliphatic heterocycles. The summed E-state index contributed by atoms with van der Waals surface area (Å²) in [5, 5.41) is 8.58. The summed E-state index contributed by atoms with van der Waals surface area (Å²) in [6.45, 7) is 4.41. The predicted molar refractivity (Wildman–Crippen MR) is 95.3 cm³/mol. The number of nitrogens with zero attached hydrogens (tertiary/aromatic N) is 3. The lowest BCUT2D eigenvalue weighted by Crippen LogP contribution is -2.40. The molecule has 1 amide bonds. The molecule has 0 unspecified atom stereocenters. The van der Waals surface area contributed by atoms with E-state index in [4.69, 9.17) is 14.2 Å². The SMILES string of the molecule is O=C(c1cc(C2CC2)nc2onc(C3CCNCC3)c12)N1CCOCC1. The zero-order chi connectivity index (χ0) is 17.5. The molecule has 3 aliphatic rings. The number of fused-ring (bicyclic) bond motifs is 1. The van der Waals surface area contributed by atoms with Crippen LogP contribution in [0.2, 0.25) is 0 Å². The average Bonchev–Trinajstić information content (AvgIpc) is 3.47. The van der Waals surface area contributed by atoms with Gasteiger partial charge in [-0.1, -0.05) is 5.16 Å². The van der Waals surface area contributed by atoms with Crippen molar-refractivity contribution < 1.29 is 14.1 Å². The Kier molecular flexibility index (Phi) is 4.13. The summed E-state index contributed by atoms with van der Waals surface area (Å²) in [7, 11) is 0. The van der Waals surface area contributed by atoms with E-state index in [1.165, 1.54) is 0 Å². The molecule has 0 atom stereocenters. The molecule has 1 aliphatic carbocycles. The number of amides is 1. The molecule has 138 valence electrons. The molecule has 2 aromatic rings. The fourth-order valence-electron chi connectivity index (χ4n) is 4.06. The van der Waals surface area contributed by atoms with Crippen LogP contribution in [0.15, 0.2) is 10.6 Å². The first-order valence-corrected chi connectivity index (χ1v) is 9.69. The van der Waals surface area contributed by atoms with E-state index in [1.807, 2.05) is 11.0 Å². The maximum absolute atomic E-state index is 13.3. The molecule has 0 spiro atoms. The van der Waals surface area contributed by atoms with E-state index >= 15 is 0 Å². The van der Waals surface area contributed by atoms with Crippen LogP contribution < -0.4 is 5.32 Å². The summed E-state index contributed by atoms with van der Waals surface area (Å²) in [5.41, 5.74) is 3.13. The third-order valence-corrected chi connectivity index (χ3v) is 5.74. The zero-order valence-corrected chi connectivity index (χ0v) is 14.9. The van der Waals surface area contributed by atoms with Gasteiger partial charge in [0.25, 0.3) is 11.6 Å². The number of piperidine rings is 1. The molecule has 7 heteroatoms. The molecule has 2 aromatic heterocycles. The number of aromatic nitrogens is 2. The molecule has 2 saturated heterocycles. The van der Waals surface area contributed by atoms with Gasteiger partial charge in [0, 0.05) is 30.6 Å². The molecule has 1 N–H and O–H groups in total. The highest BCUT2D eigenvalue weighted by Gasteiger charge is 2.32. The standard InChI is InChI=1S/C19H24N4O3/c24-19(23-7-9-25-10-8-23)14-11-15(12-1-2-12)21-18-16(14)17(22-26-18)13-3-5-20-6-4-13/h11-13,20H,1-10H2. The Morgan fingerprint density at radius 1 is 1.12 bits per heavy atom. The summed E-state index contributed by atoms with van der Waals surface area (Å²) < 4.78 is 11.0. The van der Waals surface area contributed by atoms with Gasteiger partial charge in [-0.05, 0) is 44.8 Å². The number of carbonyl (C=O) groups excluding carboxylic acids is 1. The van der Waals surface area contributed by atoms with Gasteiger partial charge < -0.3 is 19.5 Å². The van der Waals surface area contributed by atoms with Gasteiger partial charge in [-0.3, -0.25) is 4.79 Å². The van der Waals surface area contributed by atoms with Gasteiger partial charge >= 0.3 is 0 Å². The van der Waals surface area contributed by atoms with Gasteiger partial charge in [0.05, 0.1) is 29.9 Å². The molecular weight excluding hydrogens is 332 g/mol. The van der Waals surface area contributed by atoms with Gasteiger partial charge in [-0.15, -0.1) is 0 Å². The van der Waals surface area contributed by atoms with Gasteiger partial charge in [-0.25, -0.2) is 4.98 Å². The van der Waals surface area contributed by atoms with Crippen LogP contribution in [0.1, 0.15) is 59.3 Å². The zero-order valence-electron chi connectivity index (χ0n) is 14.9. The van der Waals surface area contributed by atoms with E-state index in [0.29, 0.717) is 49.4 Å². The quantitative estimate of drug-likeness (QED) is 0.906. The molecule has 7 nitrogen and oxygen atoms in total.